The van der Waals surface area contributed by atoms with Gasteiger partial charge in [0.25, 0.3) is 0 Å². The highest BCUT2D eigenvalue weighted by Gasteiger charge is 2.00. The largest absolute Gasteiger partial charge is 0.494 e. The molecule has 0 radical (unpaired) electrons. The van der Waals surface area contributed by atoms with Gasteiger partial charge in [-0.1, -0.05) is 22.9 Å². The smallest absolute Gasteiger partial charge is 0.119 e. The Morgan fingerprint density at radius 2 is 1.94 bits per heavy atom. The van der Waals surface area contributed by atoms with Gasteiger partial charge in [-0.15, -0.1) is 0 Å². The molecule has 0 fully saturated rings. The van der Waals surface area contributed by atoms with Crippen LogP contribution in [0, 0.1) is 0 Å². The molecule has 0 bridgehead atoms. The zero-order valence-corrected chi connectivity index (χ0v) is 12.4. The van der Waals surface area contributed by atoms with Crippen LogP contribution in [0.5, 0.6) is 5.75 Å². The molecule has 0 unspecified atom stereocenters. The maximum absolute atomic E-state index is 5.66. The van der Waals surface area contributed by atoms with Crippen LogP contribution in [0.1, 0.15) is 33.1 Å². The van der Waals surface area contributed by atoms with E-state index in [1.54, 1.807) is 0 Å². The molecule has 2 nitrogen and oxygen atoms in total. The minimum atomic E-state index is 0.752. The molecule has 0 aliphatic heterocycles. The van der Waals surface area contributed by atoms with Crippen LogP contribution in [0.15, 0.2) is 28.7 Å². The molecule has 0 aromatic heterocycles. The average molecular weight is 301 g/mol. The molecule has 0 aliphatic carbocycles. The molecular formula is C14H23BrNO+. The number of quaternary nitrogens is 1. The number of unbranched alkanes of at least 4 members (excludes halogenated alkanes) is 1. The molecule has 0 saturated heterocycles. The molecule has 3 heteroatoms. The Morgan fingerprint density at radius 3 is 2.59 bits per heavy atom. The molecule has 17 heavy (non-hydrogen) atoms. The average Bonchev–Trinajstić information content (AvgIpc) is 2.35. The van der Waals surface area contributed by atoms with Gasteiger partial charge in [-0.25, -0.2) is 0 Å². The van der Waals surface area contributed by atoms with Crippen molar-refractivity contribution in [1.29, 1.82) is 0 Å². The molecule has 1 aromatic carbocycles. The van der Waals surface area contributed by atoms with E-state index in [-0.39, 0.29) is 0 Å². The van der Waals surface area contributed by atoms with Crippen molar-refractivity contribution in [3.8, 4) is 5.75 Å². The van der Waals surface area contributed by atoms with Crippen LogP contribution < -0.4 is 10.1 Å². The van der Waals surface area contributed by atoms with Crippen LogP contribution in [-0.2, 0) is 0 Å². The van der Waals surface area contributed by atoms with Crippen molar-refractivity contribution >= 4 is 15.9 Å². The van der Waals surface area contributed by atoms with E-state index >= 15 is 0 Å². The predicted octanol–water partition coefficient (Wildman–Crippen LogP) is 2.97. The molecule has 96 valence electrons. The molecule has 1 rings (SSSR count). The van der Waals surface area contributed by atoms with E-state index in [1.807, 2.05) is 24.3 Å². The van der Waals surface area contributed by atoms with Crippen molar-refractivity contribution in [2.45, 2.75) is 39.2 Å². The zero-order chi connectivity index (χ0) is 12.5. The van der Waals surface area contributed by atoms with Crippen LogP contribution in [0.25, 0.3) is 0 Å². The summed E-state index contributed by atoms with van der Waals surface area (Å²) in [7, 11) is 0. The summed E-state index contributed by atoms with van der Waals surface area (Å²) in [5, 5.41) is 2.42. The Kier molecular flexibility index (Phi) is 7.29. The highest BCUT2D eigenvalue weighted by Crippen LogP contribution is 2.16. The number of rotatable bonds is 8. The molecule has 0 amide bonds. The molecule has 0 heterocycles. The Morgan fingerprint density at radius 1 is 1.24 bits per heavy atom. The van der Waals surface area contributed by atoms with Crippen LogP contribution in [-0.4, -0.2) is 19.2 Å². The molecule has 0 saturated carbocycles. The summed E-state index contributed by atoms with van der Waals surface area (Å²) >= 11 is 3.41. The monoisotopic (exact) mass is 300 g/mol. The Bertz CT molecular complexity index is 300. The molecular weight excluding hydrogens is 278 g/mol. The quantitative estimate of drug-likeness (QED) is 0.734. The molecule has 0 aliphatic rings. The van der Waals surface area contributed by atoms with Crippen molar-refractivity contribution in [2.24, 2.45) is 0 Å². The Hall–Kier alpha value is -0.540. The van der Waals surface area contributed by atoms with Crippen molar-refractivity contribution in [2.75, 3.05) is 13.2 Å². The van der Waals surface area contributed by atoms with E-state index in [0.717, 1.165) is 29.3 Å². The van der Waals surface area contributed by atoms with E-state index < -0.39 is 0 Å². The number of nitrogens with two attached hydrogens (primary N) is 1. The Labute approximate surface area is 113 Å². The van der Waals surface area contributed by atoms with Gasteiger partial charge in [-0.05, 0) is 50.5 Å². The lowest BCUT2D eigenvalue weighted by atomic mass is 10.2. The first-order valence-electron chi connectivity index (χ1n) is 6.44. The molecule has 1 atom stereocenters. The zero-order valence-electron chi connectivity index (χ0n) is 10.8. The van der Waals surface area contributed by atoms with Crippen molar-refractivity contribution in [3.05, 3.63) is 28.7 Å². The van der Waals surface area contributed by atoms with E-state index in [2.05, 4.69) is 35.1 Å². The number of halogens is 1. The topological polar surface area (TPSA) is 25.8 Å². The summed E-state index contributed by atoms with van der Waals surface area (Å²) in [4.78, 5) is 0. The lowest BCUT2D eigenvalue weighted by Gasteiger charge is -2.08. The van der Waals surface area contributed by atoms with E-state index in [1.165, 1.54) is 19.4 Å². The van der Waals surface area contributed by atoms with Crippen LogP contribution in [0.2, 0.25) is 0 Å². The van der Waals surface area contributed by atoms with Crippen molar-refractivity contribution in [3.63, 3.8) is 0 Å². The third-order valence-electron chi connectivity index (χ3n) is 2.89. The summed E-state index contributed by atoms with van der Waals surface area (Å²) in [6, 6.07) is 8.76. The number of benzene rings is 1. The lowest BCUT2D eigenvalue weighted by molar-refractivity contribution is -0.686. The fourth-order valence-corrected chi connectivity index (χ4v) is 1.80. The maximum Gasteiger partial charge on any atom is 0.119 e. The highest BCUT2D eigenvalue weighted by atomic mass is 79.9. The van der Waals surface area contributed by atoms with Crippen LogP contribution in [0.3, 0.4) is 0 Å². The van der Waals surface area contributed by atoms with Gasteiger partial charge in [0.15, 0.2) is 0 Å². The fourth-order valence-electron chi connectivity index (χ4n) is 1.54. The van der Waals surface area contributed by atoms with Gasteiger partial charge in [0.05, 0.1) is 19.2 Å². The van der Waals surface area contributed by atoms with Gasteiger partial charge in [-0.2, -0.15) is 0 Å². The summed E-state index contributed by atoms with van der Waals surface area (Å²) in [5.74, 6) is 0.958. The van der Waals surface area contributed by atoms with Gasteiger partial charge >= 0.3 is 0 Å². The normalized spacial score (nSPS) is 12.4. The van der Waals surface area contributed by atoms with Gasteiger partial charge in [0, 0.05) is 4.47 Å². The first-order valence-corrected chi connectivity index (χ1v) is 7.23. The van der Waals surface area contributed by atoms with Crippen molar-refractivity contribution in [1.82, 2.24) is 0 Å². The van der Waals surface area contributed by atoms with Gasteiger partial charge in [0.1, 0.15) is 5.75 Å². The first-order chi connectivity index (χ1) is 8.22. The lowest BCUT2D eigenvalue weighted by Crippen LogP contribution is -2.89. The molecule has 1 aromatic rings. The second-order valence-electron chi connectivity index (χ2n) is 4.42. The minimum Gasteiger partial charge on any atom is -0.494 e. The number of ether oxygens (including phenoxy) is 1. The van der Waals surface area contributed by atoms with E-state index in [4.69, 9.17) is 4.74 Å². The van der Waals surface area contributed by atoms with E-state index in [0.29, 0.717) is 0 Å². The standard InChI is InChI=1S/C14H22BrNO/c1-3-12(2)16-10-4-5-11-17-14-8-6-13(15)7-9-14/h6-9,12,16H,3-5,10-11H2,1-2H3/p+1/t12-/m1/s1. The van der Waals surface area contributed by atoms with Gasteiger partial charge < -0.3 is 10.1 Å². The van der Waals surface area contributed by atoms with Crippen LogP contribution in [0.4, 0.5) is 0 Å². The highest BCUT2D eigenvalue weighted by molar-refractivity contribution is 9.10. The van der Waals surface area contributed by atoms with Crippen molar-refractivity contribution < 1.29 is 10.1 Å². The third kappa shape index (κ3) is 6.69. The number of hydrogen-bond donors (Lipinski definition) is 1. The fraction of sp³-hybridized carbons (Fsp3) is 0.571. The summed E-state index contributed by atoms with van der Waals surface area (Å²) in [5.41, 5.74) is 0. The summed E-state index contributed by atoms with van der Waals surface area (Å²) in [6.07, 6.45) is 3.60. The third-order valence-corrected chi connectivity index (χ3v) is 3.42. The predicted molar refractivity (Wildman–Crippen MR) is 75.4 cm³/mol. The van der Waals surface area contributed by atoms with E-state index in [9.17, 15) is 0 Å². The SMILES string of the molecule is CC[C@@H](C)[NH2+]CCCCOc1ccc(Br)cc1. The van der Waals surface area contributed by atoms with Gasteiger partial charge in [0.2, 0.25) is 0 Å². The second-order valence-corrected chi connectivity index (χ2v) is 5.34. The molecule has 2 N–H and O–H groups in total. The first kappa shape index (κ1) is 14.5. The van der Waals surface area contributed by atoms with Crippen LogP contribution >= 0.6 is 15.9 Å². The summed E-state index contributed by atoms with van der Waals surface area (Å²) < 4.78 is 6.75. The minimum absolute atomic E-state index is 0.752. The number of hydrogen-bond acceptors (Lipinski definition) is 1. The maximum atomic E-state index is 5.66. The van der Waals surface area contributed by atoms with Gasteiger partial charge in [-0.3, -0.25) is 0 Å². The molecule has 0 spiro atoms. The second kappa shape index (κ2) is 8.54. The Balaban J connectivity index is 2.02. The summed E-state index contributed by atoms with van der Waals surface area (Å²) in [6.45, 7) is 6.53.